The smallest absolute Gasteiger partial charge is 0.481 e. The zero-order valence-electron chi connectivity index (χ0n) is 5.75. The van der Waals surface area contributed by atoms with Crippen molar-refractivity contribution in [2.45, 2.75) is 13.1 Å². The van der Waals surface area contributed by atoms with Crippen molar-refractivity contribution in [1.82, 2.24) is 0 Å². The number of halogens is 4. The summed E-state index contributed by atoms with van der Waals surface area (Å²) < 4.78 is 31.7. The minimum absolute atomic E-state index is 0. The topological polar surface area (TPSA) is 74.6 Å². The van der Waals surface area contributed by atoms with Crippen molar-refractivity contribution in [1.29, 1.82) is 0 Å². The number of carboxylic acids is 2. The summed E-state index contributed by atoms with van der Waals surface area (Å²) in [5.41, 5.74) is 0. The van der Waals surface area contributed by atoms with Crippen LogP contribution in [0.5, 0.6) is 0 Å². The van der Waals surface area contributed by atoms with Crippen LogP contribution in [0.4, 0.5) is 13.2 Å². The molecule has 0 unspecified atom stereocenters. The van der Waals surface area contributed by atoms with Gasteiger partial charge < -0.3 is 10.2 Å². The van der Waals surface area contributed by atoms with Gasteiger partial charge in [-0.25, -0.2) is 4.79 Å². The molecule has 0 aromatic carbocycles. The lowest BCUT2D eigenvalue weighted by Crippen LogP contribution is -2.21. The van der Waals surface area contributed by atoms with E-state index in [0.717, 1.165) is 6.92 Å². The molecule has 0 saturated carbocycles. The van der Waals surface area contributed by atoms with Gasteiger partial charge in [-0.05, 0) is 0 Å². The Morgan fingerprint density at radius 2 is 1.25 bits per heavy atom. The van der Waals surface area contributed by atoms with Gasteiger partial charge in [0, 0.05) is 6.92 Å². The maximum absolute atomic E-state index is 10.6. The molecule has 0 fully saturated rings. The molecule has 8 heteroatoms. The minimum Gasteiger partial charge on any atom is -0.481 e. The second kappa shape index (κ2) is 6.89. The fourth-order valence-corrected chi connectivity index (χ4v) is 0. The average molecular weight is 255 g/mol. The molecule has 0 heterocycles. The first-order valence-corrected chi connectivity index (χ1v) is 2.17. The molecule has 0 amide bonds. The summed E-state index contributed by atoms with van der Waals surface area (Å²) in [6.07, 6.45) is -5.08. The fourth-order valence-electron chi connectivity index (χ4n) is 0. The van der Waals surface area contributed by atoms with E-state index < -0.39 is 18.1 Å². The highest BCUT2D eigenvalue weighted by Crippen LogP contribution is 2.13. The number of carboxylic acid groups (broad SMARTS) is 2. The molecular weight excluding hydrogens is 249 g/mol. The molecule has 2 N–H and O–H groups in total. The van der Waals surface area contributed by atoms with Gasteiger partial charge in [0.25, 0.3) is 5.97 Å². The summed E-state index contributed by atoms with van der Waals surface area (Å²) in [5.74, 6) is -3.59. The summed E-state index contributed by atoms with van der Waals surface area (Å²) in [4.78, 5) is 17.9. The van der Waals surface area contributed by atoms with E-state index in [2.05, 4.69) is 0 Å². The number of carbonyl (C=O) groups is 2. The third kappa shape index (κ3) is 22.9. The van der Waals surface area contributed by atoms with Crippen molar-refractivity contribution in [3.05, 3.63) is 0 Å². The molecule has 4 nitrogen and oxygen atoms in total. The molecule has 0 aromatic heterocycles. The molecular formula is C4H6BrF3O4. The molecule has 0 rings (SSSR count). The lowest BCUT2D eigenvalue weighted by Gasteiger charge is -1.93. The van der Waals surface area contributed by atoms with Crippen LogP contribution < -0.4 is 0 Å². The molecule has 0 saturated heterocycles. The van der Waals surface area contributed by atoms with E-state index in [1.165, 1.54) is 0 Å². The van der Waals surface area contributed by atoms with E-state index in [-0.39, 0.29) is 17.0 Å². The maximum atomic E-state index is 10.6. The Morgan fingerprint density at radius 3 is 1.25 bits per heavy atom. The zero-order chi connectivity index (χ0) is 9.65. The van der Waals surface area contributed by atoms with E-state index in [0.29, 0.717) is 0 Å². The lowest BCUT2D eigenvalue weighted by atomic mass is 10.7. The summed E-state index contributed by atoms with van der Waals surface area (Å²) in [6.45, 7) is 1.08. The minimum atomic E-state index is -5.08. The molecule has 0 spiro atoms. The molecule has 0 aliphatic rings. The van der Waals surface area contributed by atoms with Crippen molar-refractivity contribution in [2.24, 2.45) is 0 Å². The predicted molar refractivity (Wildman–Crippen MR) is 37.3 cm³/mol. The van der Waals surface area contributed by atoms with Gasteiger partial charge in [0.2, 0.25) is 0 Å². The number of aliphatic carboxylic acids is 2. The van der Waals surface area contributed by atoms with Gasteiger partial charge in [0.15, 0.2) is 0 Å². The maximum Gasteiger partial charge on any atom is 0.490 e. The molecule has 0 aliphatic carbocycles. The summed E-state index contributed by atoms with van der Waals surface area (Å²) in [5, 5.41) is 14.5. The largest absolute Gasteiger partial charge is 0.490 e. The number of hydrogen-bond donors (Lipinski definition) is 2. The van der Waals surface area contributed by atoms with Crippen molar-refractivity contribution in [3.63, 3.8) is 0 Å². The van der Waals surface area contributed by atoms with Gasteiger partial charge in [0.05, 0.1) is 0 Å². The monoisotopic (exact) mass is 254 g/mol. The third-order valence-corrected chi connectivity index (χ3v) is 0.243. The average Bonchev–Trinajstić information content (AvgIpc) is 1.59. The highest BCUT2D eigenvalue weighted by atomic mass is 79.9. The summed E-state index contributed by atoms with van der Waals surface area (Å²) >= 11 is 0. The molecule has 0 aromatic rings. The summed E-state index contributed by atoms with van der Waals surface area (Å²) in [6, 6.07) is 0. The third-order valence-electron chi connectivity index (χ3n) is 0.243. The number of hydrogen-bond acceptors (Lipinski definition) is 2. The molecule has 0 bridgehead atoms. The second-order valence-corrected chi connectivity index (χ2v) is 1.32. The van der Waals surface area contributed by atoms with E-state index in [9.17, 15) is 13.2 Å². The van der Waals surface area contributed by atoms with Crippen LogP contribution in [0.1, 0.15) is 6.92 Å². The van der Waals surface area contributed by atoms with Gasteiger partial charge in [0.1, 0.15) is 0 Å². The Labute approximate surface area is 75.8 Å². The first-order chi connectivity index (χ1) is 4.68. The van der Waals surface area contributed by atoms with Crippen LogP contribution in [-0.4, -0.2) is 28.3 Å². The van der Waals surface area contributed by atoms with Crippen molar-refractivity contribution >= 4 is 28.9 Å². The lowest BCUT2D eigenvalue weighted by molar-refractivity contribution is -0.192. The van der Waals surface area contributed by atoms with Crippen LogP contribution in [0.15, 0.2) is 0 Å². The van der Waals surface area contributed by atoms with Crippen LogP contribution in [0, 0.1) is 0 Å². The molecule has 12 heavy (non-hydrogen) atoms. The first kappa shape index (κ1) is 17.3. The van der Waals surface area contributed by atoms with Gasteiger partial charge in [-0.2, -0.15) is 13.2 Å². The van der Waals surface area contributed by atoms with Crippen molar-refractivity contribution in [3.8, 4) is 0 Å². The molecule has 0 radical (unpaired) electrons. The van der Waals surface area contributed by atoms with E-state index in [1.807, 2.05) is 0 Å². The Bertz CT molecular complexity index is 151. The predicted octanol–water partition coefficient (Wildman–Crippen LogP) is 1.30. The SMILES string of the molecule is Br.CC(=O)O.O=C(O)C(F)(F)F. The zero-order valence-corrected chi connectivity index (χ0v) is 7.47. The van der Waals surface area contributed by atoms with Crippen LogP contribution >= 0.6 is 17.0 Å². The first-order valence-electron chi connectivity index (χ1n) is 2.17. The second-order valence-electron chi connectivity index (χ2n) is 1.32. The quantitative estimate of drug-likeness (QED) is 0.684. The van der Waals surface area contributed by atoms with Crippen LogP contribution in [-0.2, 0) is 9.59 Å². The van der Waals surface area contributed by atoms with Crippen LogP contribution in [0.25, 0.3) is 0 Å². The van der Waals surface area contributed by atoms with Crippen molar-refractivity contribution < 1.29 is 33.0 Å². The van der Waals surface area contributed by atoms with Crippen LogP contribution in [0.2, 0.25) is 0 Å². The molecule has 74 valence electrons. The highest BCUT2D eigenvalue weighted by Gasteiger charge is 2.38. The van der Waals surface area contributed by atoms with Gasteiger partial charge in [-0.15, -0.1) is 17.0 Å². The Kier molecular flexibility index (Phi) is 9.96. The Balaban J connectivity index is -0.000000142. The standard InChI is InChI=1S/C2HF3O2.C2H4O2.BrH/c3-2(4,5)1(6)7;1-2(3)4;/h(H,6,7);1H3,(H,3,4);1H. The molecule has 0 atom stereocenters. The highest BCUT2D eigenvalue weighted by molar-refractivity contribution is 8.93. The number of rotatable bonds is 0. The van der Waals surface area contributed by atoms with Gasteiger partial charge in [-0.1, -0.05) is 0 Å². The van der Waals surface area contributed by atoms with Gasteiger partial charge in [-0.3, -0.25) is 4.79 Å². The van der Waals surface area contributed by atoms with E-state index in [1.54, 1.807) is 0 Å². The summed E-state index contributed by atoms with van der Waals surface area (Å²) in [7, 11) is 0. The molecule has 0 aliphatic heterocycles. The van der Waals surface area contributed by atoms with E-state index >= 15 is 0 Å². The Hall–Kier alpha value is -0.790. The van der Waals surface area contributed by atoms with Crippen LogP contribution in [0.3, 0.4) is 0 Å². The fraction of sp³-hybridized carbons (Fsp3) is 0.500. The van der Waals surface area contributed by atoms with Crippen molar-refractivity contribution in [2.75, 3.05) is 0 Å². The van der Waals surface area contributed by atoms with E-state index in [4.69, 9.17) is 19.8 Å². The Morgan fingerprint density at radius 1 is 1.17 bits per heavy atom. The number of alkyl halides is 3. The normalized spacial score (nSPS) is 8.67. The van der Waals surface area contributed by atoms with Gasteiger partial charge >= 0.3 is 12.1 Å².